The van der Waals surface area contributed by atoms with Gasteiger partial charge in [0.05, 0.1) is 12.9 Å². The first-order chi connectivity index (χ1) is 11.5. The zero-order valence-electron chi connectivity index (χ0n) is 12.5. The third kappa shape index (κ3) is 2.92. The molecule has 24 heavy (non-hydrogen) atoms. The third-order valence-corrected chi connectivity index (χ3v) is 4.40. The van der Waals surface area contributed by atoms with E-state index >= 15 is 0 Å². The van der Waals surface area contributed by atoms with Crippen LogP contribution in [0.4, 0.5) is 11.8 Å². The average molecular weight is 375 g/mol. The molecule has 5 atom stereocenters. The van der Waals surface area contributed by atoms with Gasteiger partial charge >= 0.3 is 7.23 Å². The first-order valence-corrected chi connectivity index (χ1v) is 9.16. The summed E-state index contributed by atoms with van der Waals surface area (Å²) in [5.74, 6) is 0.117. The van der Waals surface area contributed by atoms with Crippen molar-refractivity contribution in [3.8, 4) is 0 Å². The van der Waals surface area contributed by atoms with E-state index in [9.17, 15) is 9.67 Å². The van der Waals surface area contributed by atoms with Crippen LogP contribution in [0.3, 0.4) is 0 Å². The lowest BCUT2D eigenvalue weighted by atomic mass is 10.1. The van der Waals surface area contributed by atoms with Gasteiger partial charge in [0, 0.05) is 7.11 Å². The van der Waals surface area contributed by atoms with Crippen LogP contribution in [0.2, 0.25) is 0 Å². The predicted molar refractivity (Wildman–Crippen MR) is 87.4 cm³/mol. The van der Waals surface area contributed by atoms with Crippen LogP contribution < -0.4 is 11.5 Å². The first-order valence-electron chi connectivity index (χ1n) is 6.83. The quantitative estimate of drug-likeness (QED) is 0.409. The number of ether oxygens (including phenoxy) is 2. The van der Waals surface area contributed by atoms with Crippen molar-refractivity contribution in [1.29, 1.82) is 0 Å². The number of hydrogen-bond acceptors (Lipinski definition) is 10. The number of aliphatic hydroxyl groups is 1. The zero-order valence-corrected chi connectivity index (χ0v) is 14.3. The van der Waals surface area contributed by atoms with Gasteiger partial charge in [0.2, 0.25) is 5.95 Å². The molecule has 1 fully saturated rings. The van der Waals surface area contributed by atoms with Crippen LogP contribution >= 0.6 is 19.5 Å². The molecule has 13 heteroatoms. The summed E-state index contributed by atoms with van der Waals surface area (Å²) >= 11 is 3.74. The third-order valence-electron chi connectivity index (χ3n) is 3.69. The number of rotatable bonds is 5. The highest BCUT2D eigenvalue weighted by atomic mass is 32.7. The summed E-state index contributed by atoms with van der Waals surface area (Å²) in [5, 5.41) is 9.51. The topological polar surface area (TPSA) is 161 Å². The Morgan fingerprint density at radius 2 is 2.21 bits per heavy atom. The molecule has 0 aromatic carbocycles. The van der Waals surface area contributed by atoms with Crippen molar-refractivity contribution >= 4 is 42.4 Å². The Hall–Kier alpha value is -1.56. The van der Waals surface area contributed by atoms with Gasteiger partial charge < -0.3 is 26.0 Å². The van der Waals surface area contributed by atoms with Crippen molar-refractivity contribution < 1.29 is 23.7 Å². The van der Waals surface area contributed by atoms with Gasteiger partial charge in [-0.25, -0.2) is 4.98 Å². The first kappa shape index (κ1) is 17.3. The molecule has 0 spiro atoms. The molecule has 3 heterocycles. The van der Waals surface area contributed by atoms with E-state index in [1.807, 2.05) is 0 Å². The highest BCUT2D eigenvalue weighted by molar-refractivity contribution is 8.39. The number of hydrogen-bond donors (Lipinski definition) is 4. The molecule has 130 valence electrons. The number of aliphatic hydroxyl groups excluding tert-OH is 1. The highest BCUT2D eigenvalue weighted by Crippen LogP contribution is 2.41. The number of imidazole rings is 1. The molecule has 2 aromatic rings. The summed E-state index contributed by atoms with van der Waals surface area (Å²) < 4.78 is 29.3. The summed E-state index contributed by atoms with van der Waals surface area (Å²) in [5.41, 5.74) is 12.1. The Bertz CT molecular complexity index is 775. The molecule has 0 saturated carbocycles. The van der Waals surface area contributed by atoms with E-state index in [-0.39, 0.29) is 18.4 Å². The number of aromatic nitrogens is 4. The Morgan fingerprint density at radius 3 is 2.83 bits per heavy atom. The molecule has 5 unspecified atom stereocenters. The number of nitrogen functional groups attached to an aromatic ring is 2. The highest BCUT2D eigenvalue weighted by Gasteiger charge is 2.50. The largest absolute Gasteiger partial charge is 0.582 e. The van der Waals surface area contributed by atoms with E-state index in [0.717, 1.165) is 0 Å². The lowest BCUT2D eigenvalue weighted by molar-refractivity contribution is -0.0583. The van der Waals surface area contributed by atoms with Crippen LogP contribution in [0.25, 0.3) is 11.2 Å². The van der Waals surface area contributed by atoms with Crippen molar-refractivity contribution in [3.05, 3.63) is 6.33 Å². The molecule has 1 saturated heterocycles. The van der Waals surface area contributed by atoms with Gasteiger partial charge in [-0.3, -0.25) is 4.57 Å². The number of nitrogens with zero attached hydrogens (tertiary/aromatic N) is 4. The van der Waals surface area contributed by atoms with E-state index in [1.165, 1.54) is 13.4 Å². The number of thiol groups is 1. The van der Waals surface area contributed by atoms with E-state index in [4.69, 9.17) is 25.5 Å². The fourth-order valence-corrected chi connectivity index (χ4v) is 3.49. The second kappa shape index (κ2) is 6.75. The van der Waals surface area contributed by atoms with E-state index in [1.54, 1.807) is 4.57 Å². The Kier molecular flexibility index (Phi) is 4.85. The molecule has 1 aliphatic rings. The van der Waals surface area contributed by atoms with Crippen molar-refractivity contribution in [2.24, 2.45) is 0 Å². The molecule has 1 aliphatic heterocycles. The standard InChI is InChI=1S/C11H15N6O5PS/c1-20-7-6(22-23(19)24)4(2-18)21-10(7)17-3-14-5-8(12)15-11(13)16-9(5)17/h3-4,6-7,10,18H,2H2,1H3,(H4-,12,13,15,16,19,24)/p+1. The van der Waals surface area contributed by atoms with Crippen LogP contribution in [0, 0.1) is 0 Å². The minimum Gasteiger partial charge on any atom is -0.394 e. The Labute approximate surface area is 142 Å². The number of anilines is 2. The van der Waals surface area contributed by atoms with Crippen molar-refractivity contribution in [1.82, 2.24) is 19.5 Å². The van der Waals surface area contributed by atoms with Crippen LogP contribution in [0.5, 0.6) is 0 Å². The maximum Gasteiger partial charge on any atom is 0.582 e. The molecular weight excluding hydrogens is 359 g/mol. The smallest absolute Gasteiger partial charge is 0.394 e. The van der Waals surface area contributed by atoms with Crippen LogP contribution in [0.15, 0.2) is 6.33 Å². The molecule has 0 amide bonds. The van der Waals surface area contributed by atoms with Gasteiger partial charge in [-0.15, -0.1) is 4.52 Å². The van der Waals surface area contributed by atoms with Crippen LogP contribution in [0.1, 0.15) is 6.23 Å². The average Bonchev–Trinajstić information content (AvgIpc) is 3.07. The van der Waals surface area contributed by atoms with Crippen LogP contribution in [-0.2, 0) is 18.6 Å². The van der Waals surface area contributed by atoms with Gasteiger partial charge in [0.1, 0.15) is 30.0 Å². The molecular formula is C11H16N6O5PS+. The SMILES string of the molecule is COC1C(O[P+](=O)S)C(CO)OC1n1cnc2c(N)nc(N)nc21. The molecule has 0 aliphatic carbocycles. The van der Waals surface area contributed by atoms with E-state index < -0.39 is 31.8 Å². The molecule has 0 radical (unpaired) electrons. The monoisotopic (exact) mass is 375 g/mol. The van der Waals surface area contributed by atoms with Crippen molar-refractivity contribution in [3.63, 3.8) is 0 Å². The Balaban J connectivity index is 2.03. The molecule has 11 nitrogen and oxygen atoms in total. The fraction of sp³-hybridized carbons (Fsp3) is 0.545. The Morgan fingerprint density at radius 1 is 1.46 bits per heavy atom. The molecule has 0 bridgehead atoms. The van der Waals surface area contributed by atoms with Gasteiger partial charge in [-0.1, -0.05) is 0 Å². The second-order valence-corrected chi connectivity index (χ2v) is 6.71. The summed E-state index contributed by atoms with van der Waals surface area (Å²) in [6.45, 7) is -0.357. The zero-order chi connectivity index (χ0) is 17.4. The van der Waals surface area contributed by atoms with Gasteiger partial charge in [0.25, 0.3) is 0 Å². The lowest BCUT2D eigenvalue weighted by Crippen LogP contribution is -2.35. The fourth-order valence-electron chi connectivity index (χ4n) is 2.70. The number of fused-ring (bicyclic) bond motifs is 1. The summed E-state index contributed by atoms with van der Waals surface area (Å²) in [7, 11) is -0.771. The second-order valence-electron chi connectivity index (χ2n) is 5.05. The molecule has 2 aromatic heterocycles. The summed E-state index contributed by atoms with van der Waals surface area (Å²) in [6.07, 6.45) is -1.55. The molecule has 5 N–H and O–H groups in total. The van der Waals surface area contributed by atoms with Crippen molar-refractivity contribution in [2.45, 2.75) is 24.5 Å². The number of nitrogens with two attached hydrogens (primary N) is 2. The minimum absolute atomic E-state index is 0.0151. The summed E-state index contributed by atoms with van der Waals surface area (Å²) in [4.78, 5) is 12.1. The number of methoxy groups -OCH3 is 1. The maximum absolute atomic E-state index is 11.3. The predicted octanol–water partition coefficient (Wildman–Crippen LogP) is -0.132. The van der Waals surface area contributed by atoms with Crippen molar-refractivity contribution in [2.75, 3.05) is 25.2 Å². The van der Waals surface area contributed by atoms with Gasteiger partial charge in [-0.2, -0.15) is 9.97 Å². The van der Waals surface area contributed by atoms with E-state index in [2.05, 4.69) is 27.2 Å². The normalized spacial score (nSPS) is 27.7. The minimum atomic E-state index is -2.21. The van der Waals surface area contributed by atoms with E-state index in [0.29, 0.717) is 11.2 Å². The maximum atomic E-state index is 11.3. The van der Waals surface area contributed by atoms with Gasteiger partial charge in [-0.05, 0) is 4.57 Å². The summed E-state index contributed by atoms with van der Waals surface area (Å²) in [6, 6.07) is 0. The van der Waals surface area contributed by atoms with Crippen LogP contribution in [-0.4, -0.2) is 56.7 Å². The lowest BCUT2D eigenvalue weighted by Gasteiger charge is -2.19. The van der Waals surface area contributed by atoms with Gasteiger partial charge in [0.15, 0.2) is 23.8 Å². The molecule has 3 rings (SSSR count).